The van der Waals surface area contributed by atoms with Crippen LogP contribution in [0.2, 0.25) is 0 Å². The van der Waals surface area contributed by atoms with Gasteiger partial charge in [-0.05, 0) is 38.3 Å². The minimum atomic E-state index is -0.760. The zero-order valence-electron chi connectivity index (χ0n) is 9.67. The zero-order valence-corrected chi connectivity index (χ0v) is 9.67. The quantitative estimate of drug-likeness (QED) is 0.733. The molecule has 0 saturated heterocycles. The molecule has 1 atom stereocenters. The van der Waals surface area contributed by atoms with Crippen molar-refractivity contribution in [3.63, 3.8) is 0 Å². The zero-order chi connectivity index (χ0) is 11.1. The Morgan fingerprint density at radius 1 is 1.33 bits per heavy atom. The fourth-order valence-corrected chi connectivity index (χ4v) is 2.31. The molecule has 82 valence electrons. The van der Waals surface area contributed by atoms with Crippen LogP contribution in [0, 0.1) is 0 Å². The topological polar surface area (TPSA) is 32.3 Å². The number of nitrogens with one attached hydrogen (secondary N) is 1. The van der Waals surface area contributed by atoms with Crippen LogP contribution in [0.1, 0.15) is 31.9 Å². The van der Waals surface area contributed by atoms with Crippen LogP contribution < -0.4 is 5.32 Å². The number of rotatable bonds is 1. The van der Waals surface area contributed by atoms with E-state index < -0.39 is 5.60 Å². The molecule has 0 bridgehead atoms. The monoisotopic (exact) mass is 205 g/mol. The van der Waals surface area contributed by atoms with Gasteiger partial charge in [0, 0.05) is 6.54 Å². The minimum absolute atomic E-state index is 0.345. The van der Waals surface area contributed by atoms with E-state index in [1.165, 1.54) is 11.1 Å². The van der Waals surface area contributed by atoms with Gasteiger partial charge >= 0.3 is 0 Å². The van der Waals surface area contributed by atoms with Crippen molar-refractivity contribution in [1.29, 1.82) is 0 Å². The molecule has 0 saturated carbocycles. The molecule has 1 heterocycles. The second kappa shape index (κ2) is 3.32. The second-order valence-electron chi connectivity index (χ2n) is 5.02. The molecule has 0 fully saturated rings. The van der Waals surface area contributed by atoms with Gasteiger partial charge in [0.1, 0.15) is 0 Å². The molecule has 0 radical (unpaired) electrons. The van der Waals surface area contributed by atoms with Crippen LogP contribution in [0.25, 0.3) is 0 Å². The largest absolute Gasteiger partial charge is 0.388 e. The van der Waals surface area contributed by atoms with Crippen LogP contribution in [0.3, 0.4) is 0 Å². The SMILES string of the molecule is CC(C)(O)[C@]1(C)NCCc2ccccc21. The first kappa shape index (κ1) is 10.7. The van der Waals surface area contributed by atoms with Crippen molar-refractivity contribution >= 4 is 0 Å². The molecule has 1 aliphatic rings. The van der Waals surface area contributed by atoms with Crippen LogP contribution in [0.5, 0.6) is 0 Å². The highest BCUT2D eigenvalue weighted by molar-refractivity contribution is 5.37. The third kappa shape index (κ3) is 1.58. The molecule has 15 heavy (non-hydrogen) atoms. The molecule has 0 aromatic heterocycles. The summed E-state index contributed by atoms with van der Waals surface area (Å²) in [5.74, 6) is 0. The highest BCUT2D eigenvalue weighted by Gasteiger charge is 2.43. The summed E-state index contributed by atoms with van der Waals surface area (Å²) in [5, 5.41) is 13.7. The van der Waals surface area contributed by atoms with E-state index in [-0.39, 0.29) is 5.54 Å². The molecule has 0 amide bonds. The van der Waals surface area contributed by atoms with Gasteiger partial charge in [-0.25, -0.2) is 0 Å². The van der Waals surface area contributed by atoms with E-state index in [1.54, 1.807) is 0 Å². The Hall–Kier alpha value is -0.860. The van der Waals surface area contributed by atoms with Gasteiger partial charge in [0.25, 0.3) is 0 Å². The summed E-state index contributed by atoms with van der Waals surface area (Å²) >= 11 is 0. The van der Waals surface area contributed by atoms with Gasteiger partial charge < -0.3 is 10.4 Å². The lowest BCUT2D eigenvalue weighted by Crippen LogP contribution is -2.58. The number of benzene rings is 1. The maximum absolute atomic E-state index is 10.3. The summed E-state index contributed by atoms with van der Waals surface area (Å²) in [6.45, 7) is 6.73. The lowest BCUT2D eigenvalue weighted by molar-refractivity contribution is -0.0194. The first-order chi connectivity index (χ1) is 6.95. The lowest BCUT2D eigenvalue weighted by atomic mass is 9.74. The maximum Gasteiger partial charge on any atom is 0.0811 e. The van der Waals surface area contributed by atoms with Crippen molar-refractivity contribution in [2.75, 3.05) is 6.54 Å². The number of hydrogen-bond acceptors (Lipinski definition) is 2. The molecule has 2 nitrogen and oxygen atoms in total. The third-order valence-corrected chi connectivity index (χ3v) is 3.65. The van der Waals surface area contributed by atoms with Crippen molar-refractivity contribution < 1.29 is 5.11 Å². The maximum atomic E-state index is 10.3. The van der Waals surface area contributed by atoms with Crippen LogP contribution in [-0.2, 0) is 12.0 Å². The minimum Gasteiger partial charge on any atom is -0.388 e. The highest BCUT2D eigenvalue weighted by atomic mass is 16.3. The van der Waals surface area contributed by atoms with Crippen LogP contribution >= 0.6 is 0 Å². The number of fused-ring (bicyclic) bond motifs is 1. The summed E-state index contributed by atoms with van der Waals surface area (Å²) in [7, 11) is 0. The molecule has 2 rings (SSSR count). The van der Waals surface area contributed by atoms with E-state index in [4.69, 9.17) is 0 Å². The molecular formula is C13H19NO. The fourth-order valence-electron chi connectivity index (χ4n) is 2.31. The van der Waals surface area contributed by atoms with Gasteiger partial charge in [0.05, 0.1) is 11.1 Å². The summed E-state index contributed by atoms with van der Waals surface area (Å²) < 4.78 is 0. The van der Waals surface area contributed by atoms with E-state index in [0.717, 1.165) is 13.0 Å². The summed E-state index contributed by atoms with van der Waals surface area (Å²) in [4.78, 5) is 0. The van der Waals surface area contributed by atoms with Crippen molar-refractivity contribution in [1.82, 2.24) is 5.32 Å². The number of hydrogen-bond donors (Lipinski definition) is 2. The van der Waals surface area contributed by atoms with E-state index in [1.807, 2.05) is 19.9 Å². The smallest absolute Gasteiger partial charge is 0.0811 e. The Morgan fingerprint density at radius 3 is 2.67 bits per heavy atom. The predicted molar refractivity (Wildman–Crippen MR) is 61.8 cm³/mol. The standard InChI is InChI=1S/C13H19NO/c1-12(2,15)13(3)11-7-5-4-6-10(11)8-9-14-13/h4-7,14-15H,8-9H2,1-3H3/t13-/m1/s1. The Morgan fingerprint density at radius 2 is 2.00 bits per heavy atom. The molecule has 0 unspecified atom stereocenters. The van der Waals surface area contributed by atoms with Crippen molar-refractivity contribution in [3.05, 3.63) is 35.4 Å². The summed E-state index contributed by atoms with van der Waals surface area (Å²) in [5.41, 5.74) is 1.47. The Labute approximate surface area is 91.3 Å². The third-order valence-electron chi connectivity index (χ3n) is 3.65. The molecule has 1 aliphatic heterocycles. The first-order valence-electron chi connectivity index (χ1n) is 5.51. The summed E-state index contributed by atoms with van der Waals surface area (Å²) in [6, 6.07) is 8.37. The van der Waals surface area contributed by atoms with Crippen LogP contribution in [-0.4, -0.2) is 17.3 Å². The molecular weight excluding hydrogens is 186 g/mol. The second-order valence-corrected chi connectivity index (χ2v) is 5.02. The summed E-state index contributed by atoms with van der Waals surface area (Å²) in [6.07, 6.45) is 1.04. The molecule has 0 spiro atoms. The normalized spacial score (nSPS) is 26.1. The molecule has 0 aliphatic carbocycles. The Balaban J connectivity index is 2.55. The van der Waals surface area contributed by atoms with E-state index in [0.29, 0.717) is 0 Å². The van der Waals surface area contributed by atoms with Crippen molar-refractivity contribution in [3.8, 4) is 0 Å². The van der Waals surface area contributed by atoms with Crippen LogP contribution in [0.4, 0.5) is 0 Å². The van der Waals surface area contributed by atoms with Gasteiger partial charge in [0.2, 0.25) is 0 Å². The van der Waals surface area contributed by atoms with Gasteiger partial charge in [-0.1, -0.05) is 24.3 Å². The fraction of sp³-hybridized carbons (Fsp3) is 0.538. The van der Waals surface area contributed by atoms with E-state index in [9.17, 15) is 5.11 Å². The molecule has 2 N–H and O–H groups in total. The van der Waals surface area contributed by atoms with Gasteiger partial charge in [-0.2, -0.15) is 0 Å². The molecule has 2 heteroatoms. The first-order valence-corrected chi connectivity index (χ1v) is 5.51. The lowest BCUT2D eigenvalue weighted by Gasteiger charge is -2.45. The van der Waals surface area contributed by atoms with Gasteiger partial charge in [-0.3, -0.25) is 0 Å². The van der Waals surface area contributed by atoms with Crippen LogP contribution in [0.15, 0.2) is 24.3 Å². The molecule has 1 aromatic carbocycles. The Bertz CT molecular complexity index is 367. The van der Waals surface area contributed by atoms with Crippen molar-refractivity contribution in [2.24, 2.45) is 0 Å². The number of aliphatic hydroxyl groups is 1. The highest BCUT2D eigenvalue weighted by Crippen LogP contribution is 2.36. The average molecular weight is 205 g/mol. The van der Waals surface area contributed by atoms with E-state index in [2.05, 4.69) is 30.4 Å². The van der Waals surface area contributed by atoms with Crippen molar-refractivity contribution in [2.45, 2.75) is 38.3 Å². The van der Waals surface area contributed by atoms with Gasteiger partial charge in [-0.15, -0.1) is 0 Å². The van der Waals surface area contributed by atoms with Gasteiger partial charge in [0.15, 0.2) is 0 Å². The predicted octanol–water partition coefficient (Wildman–Crippen LogP) is 1.82. The Kier molecular flexibility index (Phi) is 2.36. The average Bonchev–Trinajstić information content (AvgIpc) is 2.17. The molecule has 1 aromatic rings. The van der Waals surface area contributed by atoms with E-state index >= 15 is 0 Å².